The van der Waals surface area contributed by atoms with E-state index < -0.39 is 0 Å². The maximum atomic E-state index is 5.53. The van der Waals surface area contributed by atoms with Gasteiger partial charge in [0.1, 0.15) is 0 Å². The van der Waals surface area contributed by atoms with Crippen molar-refractivity contribution < 1.29 is 9.47 Å². The summed E-state index contributed by atoms with van der Waals surface area (Å²) in [7, 11) is 1.70. The first kappa shape index (κ1) is 13.9. The van der Waals surface area contributed by atoms with Gasteiger partial charge in [0.15, 0.2) is 0 Å². The highest BCUT2D eigenvalue weighted by Crippen LogP contribution is 2.23. The molecule has 1 aliphatic carbocycles. The Hall–Kier alpha value is -0.120. The van der Waals surface area contributed by atoms with E-state index in [2.05, 4.69) is 19.2 Å². The third-order valence-corrected chi connectivity index (χ3v) is 3.41. The Morgan fingerprint density at radius 3 is 2.69 bits per heavy atom. The lowest BCUT2D eigenvalue weighted by Gasteiger charge is -2.32. The first-order chi connectivity index (χ1) is 7.74. The van der Waals surface area contributed by atoms with Crippen LogP contribution in [-0.2, 0) is 9.47 Å². The monoisotopic (exact) mass is 229 g/mol. The first-order valence-corrected chi connectivity index (χ1v) is 6.56. The van der Waals surface area contributed by atoms with Crippen LogP contribution in [0.25, 0.3) is 0 Å². The Labute approximate surface area is 99.9 Å². The van der Waals surface area contributed by atoms with E-state index in [-0.39, 0.29) is 0 Å². The molecule has 1 rings (SSSR count). The minimum atomic E-state index is 0.447. The van der Waals surface area contributed by atoms with E-state index in [1.807, 2.05) is 0 Å². The predicted octanol–water partition coefficient (Wildman–Crippen LogP) is 2.21. The van der Waals surface area contributed by atoms with Crippen molar-refractivity contribution >= 4 is 0 Å². The first-order valence-electron chi connectivity index (χ1n) is 6.56. The summed E-state index contributed by atoms with van der Waals surface area (Å²) in [6.45, 7) is 6.73. The van der Waals surface area contributed by atoms with E-state index in [1.54, 1.807) is 7.11 Å². The van der Waals surface area contributed by atoms with Crippen molar-refractivity contribution in [2.24, 2.45) is 5.92 Å². The molecule has 1 saturated carbocycles. The molecule has 0 aromatic rings. The van der Waals surface area contributed by atoms with Crippen LogP contribution in [0.1, 0.15) is 39.5 Å². The number of hydrogen-bond donors (Lipinski definition) is 1. The fourth-order valence-corrected chi connectivity index (χ4v) is 2.38. The molecule has 0 bridgehead atoms. The fourth-order valence-electron chi connectivity index (χ4n) is 2.38. The molecule has 0 aliphatic heterocycles. The van der Waals surface area contributed by atoms with Crippen molar-refractivity contribution in [2.45, 2.75) is 51.6 Å². The maximum absolute atomic E-state index is 5.53. The van der Waals surface area contributed by atoms with Gasteiger partial charge in [0.25, 0.3) is 0 Å². The van der Waals surface area contributed by atoms with E-state index in [1.165, 1.54) is 25.7 Å². The highest BCUT2D eigenvalue weighted by Gasteiger charge is 2.22. The Morgan fingerprint density at radius 1 is 1.25 bits per heavy atom. The summed E-state index contributed by atoms with van der Waals surface area (Å²) in [4.78, 5) is 0. The van der Waals surface area contributed by atoms with Crippen LogP contribution in [0.4, 0.5) is 0 Å². The van der Waals surface area contributed by atoms with Gasteiger partial charge in [0, 0.05) is 19.2 Å². The van der Waals surface area contributed by atoms with E-state index in [0.717, 1.165) is 12.5 Å². The maximum Gasteiger partial charge on any atom is 0.0701 e. The molecule has 3 unspecified atom stereocenters. The largest absolute Gasteiger partial charge is 0.382 e. The minimum Gasteiger partial charge on any atom is -0.382 e. The van der Waals surface area contributed by atoms with E-state index >= 15 is 0 Å². The molecule has 0 amide bonds. The number of ether oxygens (including phenoxy) is 2. The summed E-state index contributed by atoms with van der Waals surface area (Å²) in [5.41, 5.74) is 0. The molecule has 1 fully saturated rings. The quantitative estimate of drug-likeness (QED) is 0.679. The SMILES string of the molecule is COCCOCC(C)NC1CCCCC1C. The molecule has 0 radical (unpaired) electrons. The molecule has 1 N–H and O–H groups in total. The number of methoxy groups -OCH3 is 1. The van der Waals surface area contributed by atoms with Crippen LogP contribution in [0.2, 0.25) is 0 Å². The van der Waals surface area contributed by atoms with Crippen molar-refractivity contribution in [3.05, 3.63) is 0 Å². The lowest BCUT2D eigenvalue weighted by Crippen LogP contribution is -2.44. The molecule has 96 valence electrons. The molecular formula is C13H27NO2. The van der Waals surface area contributed by atoms with Crippen LogP contribution >= 0.6 is 0 Å². The number of nitrogens with one attached hydrogen (secondary N) is 1. The molecule has 16 heavy (non-hydrogen) atoms. The van der Waals surface area contributed by atoms with Gasteiger partial charge in [0.05, 0.1) is 19.8 Å². The second-order valence-electron chi connectivity index (χ2n) is 5.00. The van der Waals surface area contributed by atoms with Gasteiger partial charge in [-0.25, -0.2) is 0 Å². The lowest BCUT2D eigenvalue weighted by molar-refractivity contribution is 0.0570. The molecule has 0 aromatic heterocycles. The minimum absolute atomic E-state index is 0.447. The van der Waals surface area contributed by atoms with Gasteiger partial charge in [-0.3, -0.25) is 0 Å². The summed E-state index contributed by atoms with van der Waals surface area (Å²) in [5, 5.41) is 3.68. The average molecular weight is 229 g/mol. The molecule has 0 aromatic carbocycles. The summed E-state index contributed by atoms with van der Waals surface area (Å²) in [6, 6.07) is 1.14. The van der Waals surface area contributed by atoms with Crippen molar-refractivity contribution in [2.75, 3.05) is 26.9 Å². The van der Waals surface area contributed by atoms with Gasteiger partial charge in [-0.2, -0.15) is 0 Å². The van der Waals surface area contributed by atoms with E-state index in [4.69, 9.17) is 9.47 Å². The third-order valence-electron chi connectivity index (χ3n) is 3.41. The molecule has 1 aliphatic rings. The van der Waals surface area contributed by atoms with E-state index in [0.29, 0.717) is 25.3 Å². The van der Waals surface area contributed by atoms with Gasteiger partial charge >= 0.3 is 0 Å². The van der Waals surface area contributed by atoms with E-state index in [9.17, 15) is 0 Å². The van der Waals surface area contributed by atoms with Gasteiger partial charge in [0.2, 0.25) is 0 Å². The number of rotatable bonds is 7. The van der Waals surface area contributed by atoms with Gasteiger partial charge in [-0.1, -0.05) is 19.8 Å². The zero-order valence-electron chi connectivity index (χ0n) is 11.0. The van der Waals surface area contributed by atoms with Crippen LogP contribution in [0.3, 0.4) is 0 Å². The third kappa shape index (κ3) is 5.28. The molecular weight excluding hydrogens is 202 g/mol. The van der Waals surface area contributed by atoms with Crippen LogP contribution < -0.4 is 5.32 Å². The Bertz CT molecular complexity index is 175. The van der Waals surface area contributed by atoms with Crippen molar-refractivity contribution in [1.29, 1.82) is 0 Å². The molecule has 3 atom stereocenters. The standard InChI is InChI=1S/C13H27NO2/c1-11-6-4-5-7-13(11)14-12(2)10-16-9-8-15-3/h11-14H,4-10H2,1-3H3. The van der Waals surface area contributed by atoms with Crippen LogP contribution in [0, 0.1) is 5.92 Å². The van der Waals surface area contributed by atoms with Crippen LogP contribution in [0.5, 0.6) is 0 Å². The molecule has 0 heterocycles. The fraction of sp³-hybridized carbons (Fsp3) is 1.00. The zero-order valence-corrected chi connectivity index (χ0v) is 11.0. The van der Waals surface area contributed by atoms with Crippen LogP contribution in [-0.4, -0.2) is 39.0 Å². The predicted molar refractivity (Wildman–Crippen MR) is 66.7 cm³/mol. The molecule has 0 spiro atoms. The van der Waals surface area contributed by atoms with Gasteiger partial charge in [-0.05, 0) is 25.7 Å². The summed E-state index contributed by atoms with van der Waals surface area (Å²) >= 11 is 0. The zero-order chi connectivity index (χ0) is 11.8. The lowest BCUT2D eigenvalue weighted by atomic mass is 9.85. The Balaban J connectivity index is 2.09. The number of hydrogen-bond acceptors (Lipinski definition) is 3. The highest BCUT2D eigenvalue weighted by atomic mass is 16.5. The highest BCUT2D eigenvalue weighted by molar-refractivity contribution is 4.80. The van der Waals surface area contributed by atoms with Crippen LogP contribution in [0.15, 0.2) is 0 Å². The summed E-state index contributed by atoms with van der Waals surface area (Å²) in [5.74, 6) is 0.815. The summed E-state index contributed by atoms with van der Waals surface area (Å²) in [6.07, 6.45) is 5.47. The Kier molecular flexibility index (Phi) is 7.01. The average Bonchev–Trinajstić information content (AvgIpc) is 2.28. The molecule has 0 saturated heterocycles. The smallest absolute Gasteiger partial charge is 0.0701 e. The second-order valence-corrected chi connectivity index (χ2v) is 5.00. The normalized spacial score (nSPS) is 27.9. The summed E-state index contributed by atoms with van der Waals surface area (Å²) < 4.78 is 10.5. The van der Waals surface area contributed by atoms with Gasteiger partial charge in [-0.15, -0.1) is 0 Å². The molecule has 3 nitrogen and oxygen atoms in total. The second kappa shape index (κ2) is 8.04. The molecule has 3 heteroatoms. The van der Waals surface area contributed by atoms with Crippen molar-refractivity contribution in [1.82, 2.24) is 5.32 Å². The van der Waals surface area contributed by atoms with Gasteiger partial charge < -0.3 is 14.8 Å². The topological polar surface area (TPSA) is 30.5 Å². The van der Waals surface area contributed by atoms with Crippen molar-refractivity contribution in [3.8, 4) is 0 Å². The Morgan fingerprint density at radius 2 is 2.00 bits per heavy atom. The van der Waals surface area contributed by atoms with Crippen molar-refractivity contribution in [3.63, 3.8) is 0 Å².